The first-order valence-corrected chi connectivity index (χ1v) is 8.19. The Morgan fingerprint density at radius 1 is 1.29 bits per heavy atom. The molecule has 2 aliphatic rings. The quantitative estimate of drug-likeness (QED) is 0.538. The Balaban J connectivity index is 0.00000208. The third-order valence-corrected chi connectivity index (χ3v) is 4.75. The molecule has 3 rings (SSSR count). The molecule has 0 spiro atoms. The zero-order valence-electron chi connectivity index (χ0n) is 14.3. The van der Waals surface area contributed by atoms with Crippen LogP contribution in [0.4, 0.5) is 0 Å². The number of ether oxygens (including phenoxy) is 1. The van der Waals surface area contributed by atoms with E-state index in [1.807, 2.05) is 13.2 Å². The van der Waals surface area contributed by atoms with Crippen LogP contribution < -0.4 is 56.5 Å². The van der Waals surface area contributed by atoms with E-state index in [1.165, 1.54) is 4.90 Å². The van der Waals surface area contributed by atoms with E-state index in [0.29, 0.717) is 26.0 Å². The Hall–Kier alpha value is -0.254. The third kappa shape index (κ3) is 4.28. The van der Waals surface area contributed by atoms with Crippen LogP contribution in [-0.2, 0) is 21.4 Å². The molecule has 126 valence electrons. The second kappa shape index (κ2) is 8.91. The van der Waals surface area contributed by atoms with Gasteiger partial charge in [-0.1, -0.05) is 0 Å². The van der Waals surface area contributed by atoms with E-state index in [-0.39, 0.29) is 69.3 Å². The predicted octanol–water partition coefficient (Wildman–Crippen LogP) is -2.98. The standard InChI is InChI=1S/C16H23N3O4.K/c1-18-10-11(9-17-18)14-12(5-4-8-23-14)15(20)19-7-3-2-6-13(19)16(21)22;/h9-10,12-14H,2-8H2,1H3,(H,21,22);/q;+1/p-1/t12-,13?,14+;/m1./s1. The number of carboxylic acids is 1. The van der Waals surface area contributed by atoms with Gasteiger partial charge in [-0.2, -0.15) is 5.10 Å². The first kappa shape index (κ1) is 20.1. The van der Waals surface area contributed by atoms with Gasteiger partial charge in [0, 0.05) is 32.0 Å². The molecule has 24 heavy (non-hydrogen) atoms. The van der Waals surface area contributed by atoms with Crippen LogP contribution in [-0.4, -0.2) is 45.8 Å². The van der Waals surface area contributed by atoms with E-state index in [1.54, 1.807) is 10.9 Å². The molecule has 0 aliphatic carbocycles. The fourth-order valence-corrected chi connectivity index (χ4v) is 3.60. The van der Waals surface area contributed by atoms with E-state index >= 15 is 0 Å². The number of piperidine rings is 1. The summed E-state index contributed by atoms with van der Waals surface area (Å²) in [5, 5.41) is 15.5. The van der Waals surface area contributed by atoms with Crippen LogP contribution in [0.2, 0.25) is 0 Å². The fourth-order valence-electron chi connectivity index (χ4n) is 3.60. The SMILES string of the molecule is Cn1cc([C@@H]2OCCC[C@H]2C(=O)N2CCCCC2C(=O)[O-])cn1.[K+]. The number of amides is 1. The van der Waals surface area contributed by atoms with Crippen LogP contribution in [0.5, 0.6) is 0 Å². The van der Waals surface area contributed by atoms with Crippen LogP contribution >= 0.6 is 0 Å². The molecule has 0 saturated carbocycles. The predicted molar refractivity (Wildman–Crippen MR) is 79.0 cm³/mol. The summed E-state index contributed by atoms with van der Waals surface area (Å²) in [4.78, 5) is 25.8. The topological polar surface area (TPSA) is 87.5 Å². The van der Waals surface area contributed by atoms with Gasteiger partial charge in [0.1, 0.15) is 0 Å². The van der Waals surface area contributed by atoms with Crippen LogP contribution in [0.1, 0.15) is 43.8 Å². The Labute approximate surface area is 184 Å². The molecule has 1 amide bonds. The van der Waals surface area contributed by atoms with E-state index in [2.05, 4.69) is 5.10 Å². The third-order valence-electron chi connectivity index (χ3n) is 4.75. The molecule has 1 aromatic heterocycles. The Kier molecular flexibility index (Phi) is 7.45. The van der Waals surface area contributed by atoms with E-state index in [4.69, 9.17) is 4.74 Å². The first-order valence-electron chi connectivity index (χ1n) is 8.19. The molecule has 0 radical (unpaired) electrons. The minimum atomic E-state index is -1.16. The molecular formula is C16H22KN3O4. The van der Waals surface area contributed by atoms with Crippen molar-refractivity contribution in [2.75, 3.05) is 13.2 Å². The second-order valence-electron chi connectivity index (χ2n) is 6.35. The molecule has 2 fully saturated rings. The number of rotatable bonds is 3. The molecule has 3 heterocycles. The van der Waals surface area contributed by atoms with Crippen molar-refractivity contribution in [3.05, 3.63) is 18.0 Å². The summed E-state index contributed by atoms with van der Waals surface area (Å²) in [5.41, 5.74) is 0.868. The van der Waals surface area contributed by atoms with Crippen molar-refractivity contribution in [1.82, 2.24) is 14.7 Å². The number of likely N-dealkylation sites (tertiary alicyclic amines) is 1. The van der Waals surface area contributed by atoms with E-state index in [9.17, 15) is 14.7 Å². The van der Waals surface area contributed by atoms with E-state index in [0.717, 1.165) is 24.8 Å². The number of carbonyl (C=O) groups excluding carboxylic acids is 2. The number of hydrogen-bond donors (Lipinski definition) is 0. The van der Waals surface area contributed by atoms with Gasteiger partial charge in [-0.3, -0.25) is 9.48 Å². The minimum Gasteiger partial charge on any atom is -0.548 e. The van der Waals surface area contributed by atoms with Gasteiger partial charge in [-0.25, -0.2) is 0 Å². The Morgan fingerprint density at radius 3 is 2.75 bits per heavy atom. The maximum atomic E-state index is 13.0. The van der Waals surface area contributed by atoms with Gasteiger partial charge in [0.05, 0.1) is 30.2 Å². The number of aromatic nitrogens is 2. The molecule has 7 nitrogen and oxygen atoms in total. The molecule has 8 heteroatoms. The molecule has 0 aromatic carbocycles. The number of carbonyl (C=O) groups is 2. The van der Waals surface area contributed by atoms with Gasteiger partial charge >= 0.3 is 51.4 Å². The minimum absolute atomic E-state index is 0. The number of carboxylic acid groups (broad SMARTS) is 1. The van der Waals surface area contributed by atoms with Gasteiger partial charge in [0.15, 0.2) is 0 Å². The summed E-state index contributed by atoms with van der Waals surface area (Å²) in [6.45, 7) is 1.08. The molecule has 0 bridgehead atoms. The number of hydrogen-bond acceptors (Lipinski definition) is 5. The molecule has 1 unspecified atom stereocenters. The normalized spacial score (nSPS) is 27.4. The summed E-state index contributed by atoms with van der Waals surface area (Å²) in [6.07, 6.45) is 6.83. The van der Waals surface area contributed by atoms with Crippen molar-refractivity contribution in [2.24, 2.45) is 13.0 Å². The van der Waals surface area contributed by atoms with Crippen LogP contribution in [0.15, 0.2) is 12.4 Å². The monoisotopic (exact) mass is 359 g/mol. The van der Waals surface area contributed by atoms with Crippen LogP contribution in [0.25, 0.3) is 0 Å². The van der Waals surface area contributed by atoms with Gasteiger partial charge in [-0.15, -0.1) is 0 Å². The van der Waals surface area contributed by atoms with Gasteiger partial charge < -0.3 is 19.5 Å². The smallest absolute Gasteiger partial charge is 0.548 e. The maximum Gasteiger partial charge on any atom is 1.00 e. The number of nitrogens with zero attached hydrogens (tertiary/aromatic N) is 3. The summed E-state index contributed by atoms with van der Waals surface area (Å²) >= 11 is 0. The maximum absolute atomic E-state index is 13.0. The summed E-state index contributed by atoms with van der Waals surface area (Å²) in [7, 11) is 1.82. The Bertz CT molecular complexity index is 592. The summed E-state index contributed by atoms with van der Waals surface area (Å²) in [6, 6.07) is -0.812. The molecule has 3 atom stereocenters. The van der Waals surface area contributed by atoms with Crippen molar-refractivity contribution in [2.45, 2.75) is 44.2 Å². The van der Waals surface area contributed by atoms with Gasteiger partial charge in [0.2, 0.25) is 5.91 Å². The molecule has 2 saturated heterocycles. The van der Waals surface area contributed by atoms with Crippen LogP contribution in [0.3, 0.4) is 0 Å². The fraction of sp³-hybridized carbons (Fsp3) is 0.688. The average molecular weight is 359 g/mol. The Morgan fingerprint density at radius 2 is 2.08 bits per heavy atom. The summed E-state index contributed by atoms with van der Waals surface area (Å²) < 4.78 is 7.51. The molecule has 1 aromatic rings. The second-order valence-corrected chi connectivity index (χ2v) is 6.35. The average Bonchev–Trinajstić information content (AvgIpc) is 3.00. The molecule has 2 aliphatic heterocycles. The van der Waals surface area contributed by atoms with E-state index < -0.39 is 12.0 Å². The van der Waals surface area contributed by atoms with Crippen molar-refractivity contribution >= 4 is 11.9 Å². The van der Waals surface area contributed by atoms with Gasteiger partial charge in [0.25, 0.3) is 0 Å². The molecular weight excluding hydrogens is 337 g/mol. The number of aryl methyl sites for hydroxylation is 1. The summed E-state index contributed by atoms with van der Waals surface area (Å²) in [5.74, 6) is -1.65. The molecule has 0 N–H and O–H groups in total. The first-order chi connectivity index (χ1) is 11.1. The zero-order valence-corrected chi connectivity index (χ0v) is 17.4. The van der Waals surface area contributed by atoms with Crippen molar-refractivity contribution in [3.8, 4) is 0 Å². The van der Waals surface area contributed by atoms with Crippen molar-refractivity contribution in [3.63, 3.8) is 0 Å². The van der Waals surface area contributed by atoms with Crippen molar-refractivity contribution in [1.29, 1.82) is 0 Å². The van der Waals surface area contributed by atoms with Crippen molar-refractivity contribution < 1.29 is 70.8 Å². The van der Waals surface area contributed by atoms with Gasteiger partial charge in [-0.05, 0) is 32.1 Å². The largest absolute Gasteiger partial charge is 1.00 e. The van der Waals surface area contributed by atoms with Crippen LogP contribution in [0, 0.1) is 5.92 Å². The number of aliphatic carboxylic acids is 1. The zero-order chi connectivity index (χ0) is 16.4.